The SMILES string of the molecule is O=C(Nc1cccc(-c2ccccc2)c1)N1CCCC[C@H]1CO. The molecule has 2 N–H and O–H groups in total. The van der Waals surface area contributed by atoms with E-state index in [0.29, 0.717) is 6.54 Å². The van der Waals surface area contributed by atoms with Gasteiger partial charge in [0.15, 0.2) is 0 Å². The highest BCUT2D eigenvalue weighted by Gasteiger charge is 2.26. The third-order valence-corrected chi connectivity index (χ3v) is 4.32. The molecule has 0 aliphatic carbocycles. The van der Waals surface area contributed by atoms with Gasteiger partial charge in [-0.3, -0.25) is 0 Å². The minimum atomic E-state index is -0.131. The molecule has 2 amide bonds. The Morgan fingerprint density at radius 2 is 1.87 bits per heavy atom. The number of hydrogen-bond acceptors (Lipinski definition) is 2. The van der Waals surface area contributed by atoms with Gasteiger partial charge in [0.25, 0.3) is 0 Å². The van der Waals surface area contributed by atoms with E-state index in [2.05, 4.69) is 5.32 Å². The van der Waals surface area contributed by atoms with Gasteiger partial charge in [-0.15, -0.1) is 0 Å². The van der Waals surface area contributed by atoms with E-state index in [0.717, 1.165) is 36.1 Å². The molecule has 2 aromatic carbocycles. The van der Waals surface area contributed by atoms with Crippen LogP contribution in [0.3, 0.4) is 0 Å². The number of nitrogens with one attached hydrogen (secondary N) is 1. The molecule has 0 bridgehead atoms. The first-order chi connectivity index (χ1) is 11.3. The summed E-state index contributed by atoms with van der Waals surface area (Å²) in [5, 5.41) is 12.4. The zero-order chi connectivity index (χ0) is 16.1. The number of amides is 2. The summed E-state index contributed by atoms with van der Waals surface area (Å²) in [7, 11) is 0. The van der Waals surface area contributed by atoms with Crippen LogP contribution in [0.5, 0.6) is 0 Å². The van der Waals surface area contributed by atoms with Crippen LogP contribution in [0.4, 0.5) is 10.5 Å². The lowest BCUT2D eigenvalue weighted by Crippen LogP contribution is -2.47. The molecule has 23 heavy (non-hydrogen) atoms. The van der Waals surface area contributed by atoms with Crippen LogP contribution < -0.4 is 5.32 Å². The molecule has 4 nitrogen and oxygen atoms in total. The summed E-state index contributed by atoms with van der Waals surface area (Å²) in [5.41, 5.74) is 2.97. The van der Waals surface area contributed by atoms with Gasteiger partial charge in [0.05, 0.1) is 12.6 Å². The molecule has 1 aliphatic heterocycles. The standard InChI is InChI=1S/C19H22N2O2/c22-14-18-11-4-5-12-21(18)19(23)20-17-10-6-9-16(13-17)15-7-2-1-3-8-15/h1-3,6-10,13,18,22H,4-5,11-12,14H2,(H,20,23)/t18-/m0/s1. The van der Waals surface area contributed by atoms with E-state index in [1.165, 1.54) is 0 Å². The zero-order valence-electron chi connectivity index (χ0n) is 13.1. The predicted molar refractivity (Wildman–Crippen MR) is 92.3 cm³/mol. The molecule has 2 aromatic rings. The summed E-state index contributed by atoms with van der Waals surface area (Å²) in [4.78, 5) is 14.2. The highest BCUT2D eigenvalue weighted by molar-refractivity contribution is 5.90. The maximum atomic E-state index is 12.5. The lowest BCUT2D eigenvalue weighted by molar-refractivity contribution is 0.115. The molecule has 0 unspecified atom stereocenters. The molecule has 0 spiro atoms. The highest BCUT2D eigenvalue weighted by atomic mass is 16.3. The van der Waals surface area contributed by atoms with Crippen molar-refractivity contribution in [1.82, 2.24) is 4.90 Å². The highest BCUT2D eigenvalue weighted by Crippen LogP contribution is 2.23. The van der Waals surface area contributed by atoms with Gasteiger partial charge in [0.2, 0.25) is 0 Å². The molecule has 1 atom stereocenters. The first-order valence-electron chi connectivity index (χ1n) is 8.12. The number of aliphatic hydroxyl groups excluding tert-OH is 1. The number of carbonyl (C=O) groups excluding carboxylic acids is 1. The molecular weight excluding hydrogens is 288 g/mol. The maximum Gasteiger partial charge on any atom is 0.322 e. The summed E-state index contributed by atoms with van der Waals surface area (Å²) in [5.74, 6) is 0. The normalized spacial score (nSPS) is 17.8. The van der Waals surface area contributed by atoms with Crippen molar-refractivity contribution in [2.24, 2.45) is 0 Å². The number of benzene rings is 2. The largest absolute Gasteiger partial charge is 0.394 e. The monoisotopic (exact) mass is 310 g/mol. The smallest absolute Gasteiger partial charge is 0.322 e. The molecule has 0 saturated carbocycles. The van der Waals surface area contributed by atoms with Crippen molar-refractivity contribution in [3.63, 3.8) is 0 Å². The van der Waals surface area contributed by atoms with Crippen LogP contribution in [-0.4, -0.2) is 35.2 Å². The van der Waals surface area contributed by atoms with Crippen molar-refractivity contribution < 1.29 is 9.90 Å². The van der Waals surface area contributed by atoms with Crippen molar-refractivity contribution in [2.45, 2.75) is 25.3 Å². The van der Waals surface area contributed by atoms with Crippen molar-refractivity contribution in [3.05, 3.63) is 54.6 Å². The Morgan fingerprint density at radius 3 is 2.65 bits per heavy atom. The van der Waals surface area contributed by atoms with E-state index in [1.54, 1.807) is 4.90 Å². The predicted octanol–water partition coefficient (Wildman–Crippen LogP) is 3.73. The molecular formula is C19H22N2O2. The quantitative estimate of drug-likeness (QED) is 0.907. The fourth-order valence-corrected chi connectivity index (χ4v) is 3.06. The van der Waals surface area contributed by atoms with Crippen molar-refractivity contribution in [2.75, 3.05) is 18.5 Å². The van der Waals surface area contributed by atoms with Crippen molar-refractivity contribution in [3.8, 4) is 11.1 Å². The van der Waals surface area contributed by atoms with Crippen LogP contribution in [0.25, 0.3) is 11.1 Å². The Kier molecular flexibility index (Phi) is 4.93. The van der Waals surface area contributed by atoms with Gasteiger partial charge in [-0.25, -0.2) is 4.79 Å². The Morgan fingerprint density at radius 1 is 1.09 bits per heavy atom. The minimum Gasteiger partial charge on any atom is -0.394 e. The number of nitrogens with zero attached hydrogens (tertiary/aromatic N) is 1. The van der Waals surface area contributed by atoms with E-state index >= 15 is 0 Å². The number of piperidine rings is 1. The number of aliphatic hydroxyl groups is 1. The fourth-order valence-electron chi connectivity index (χ4n) is 3.06. The molecule has 3 rings (SSSR count). The summed E-state index contributed by atoms with van der Waals surface area (Å²) in [6, 6.07) is 17.7. The van der Waals surface area contributed by atoms with Gasteiger partial charge in [-0.1, -0.05) is 42.5 Å². The first kappa shape index (κ1) is 15.6. The summed E-state index contributed by atoms with van der Waals surface area (Å²) in [6.45, 7) is 0.729. The Bertz CT molecular complexity index is 657. The van der Waals surface area contributed by atoms with Crippen LogP contribution in [0.1, 0.15) is 19.3 Å². The van der Waals surface area contributed by atoms with E-state index in [9.17, 15) is 9.90 Å². The molecule has 0 aromatic heterocycles. The van der Waals surface area contributed by atoms with Gasteiger partial charge >= 0.3 is 6.03 Å². The van der Waals surface area contributed by atoms with Gasteiger partial charge in [0, 0.05) is 12.2 Å². The maximum absolute atomic E-state index is 12.5. The third kappa shape index (κ3) is 3.71. The van der Waals surface area contributed by atoms with Crippen molar-refractivity contribution >= 4 is 11.7 Å². The van der Waals surface area contributed by atoms with E-state index in [1.807, 2.05) is 54.6 Å². The average Bonchev–Trinajstić information content (AvgIpc) is 2.62. The van der Waals surface area contributed by atoms with Gasteiger partial charge in [0.1, 0.15) is 0 Å². The molecule has 120 valence electrons. The number of likely N-dealkylation sites (tertiary alicyclic amines) is 1. The topological polar surface area (TPSA) is 52.6 Å². The average molecular weight is 310 g/mol. The van der Waals surface area contributed by atoms with Crippen LogP contribution in [0, 0.1) is 0 Å². The first-order valence-corrected chi connectivity index (χ1v) is 8.12. The second-order valence-electron chi connectivity index (χ2n) is 5.90. The lowest BCUT2D eigenvalue weighted by Gasteiger charge is -2.34. The molecule has 0 radical (unpaired) electrons. The number of urea groups is 1. The molecule has 1 heterocycles. The molecule has 1 saturated heterocycles. The van der Waals surface area contributed by atoms with Crippen LogP contribution in [0.2, 0.25) is 0 Å². The summed E-state index contributed by atoms with van der Waals surface area (Å²) >= 11 is 0. The molecule has 1 fully saturated rings. The second kappa shape index (κ2) is 7.29. The fraction of sp³-hybridized carbons (Fsp3) is 0.316. The Balaban J connectivity index is 1.74. The molecule has 4 heteroatoms. The van der Waals surface area contributed by atoms with Gasteiger partial charge in [-0.2, -0.15) is 0 Å². The second-order valence-corrected chi connectivity index (χ2v) is 5.90. The van der Waals surface area contributed by atoms with E-state index < -0.39 is 0 Å². The van der Waals surface area contributed by atoms with E-state index in [-0.39, 0.29) is 18.7 Å². The number of anilines is 1. The Hall–Kier alpha value is -2.33. The van der Waals surface area contributed by atoms with E-state index in [4.69, 9.17) is 0 Å². The third-order valence-electron chi connectivity index (χ3n) is 4.32. The van der Waals surface area contributed by atoms with Crippen LogP contribution in [0.15, 0.2) is 54.6 Å². The van der Waals surface area contributed by atoms with Gasteiger partial charge in [-0.05, 0) is 42.5 Å². The van der Waals surface area contributed by atoms with Crippen molar-refractivity contribution in [1.29, 1.82) is 0 Å². The Labute approximate surface area is 136 Å². The number of carbonyl (C=O) groups is 1. The van der Waals surface area contributed by atoms with Gasteiger partial charge < -0.3 is 15.3 Å². The van der Waals surface area contributed by atoms with Crippen LogP contribution in [-0.2, 0) is 0 Å². The zero-order valence-corrected chi connectivity index (χ0v) is 13.1. The minimum absolute atomic E-state index is 0.0253. The summed E-state index contributed by atoms with van der Waals surface area (Å²) < 4.78 is 0. The number of rotatable bonds is 3. The summed E-state index contributed by atoms with van der Waals surface area (Å²) in [6.07, 6.45) is 2.93. The molecule has 1 aliphatic rings. The van der Waals surface area contributed by atoms with Crippen LogP contribution >= 0.6 is 0 Å². The number of hydrogen-bond donors (Lipinski definition) is 2. The lowest BCUT2D eigenvalue weighted by atomic mass is 10.0.